The lowest BCUT2D eigenvalue weighted by Crippen LogP contribution is -2.43. The average molecular weight is 389 g/mol. The fraction of sp³-hybridized carbons (Fsp3) is 0.533. The van der Waals surface area contributed by atoms with Gasteiger partial charge in [0.25, 0.3) is 0 Å². The number of aryl methyl sites for hydroxylation is 1. The molecule has 1 aromatic carbocycles. The molecule has 1 aliphatic rings. The maximum atomic E-state index is 12.2. The molecule has 0 bridgehead atoms. The minimum atomic E-state index is -3.39. The number of halogens is 1. The Bertz CT molecular complexity index is 655. The molecule has 1 aliphatic carbocycles. The number of sulfonamides is 1. The fourth-order valence-electron chi connectivity index (χ4n) is 2.76. The third kappa shape index (κ3) is 4.54. The van der Waals surface area contributed by atoms with Crippen molar-refractivity contribution in [1.82, 2.24) is 4.31 Å². The largest absolute Gasteiger partial charge is 0.324 e. The third-order valence-electron chi connectivity index (χ3n) is 3.86. The summed E-state index contributed by atoms with van der Waals surface area (Å²) in [6, 6.07) is 5.55. The van der Waals surface area contributed by atoms with Crippen LogP contribution in [0, 0.1) is 6.92 Å². The van der Waals surface area contributed by atoms with Crippen LogP contribution < -0.4 is 5.32 Å². The van der Waals surface area contributed by atoms with Gasteiger partial charge < -0.3 is 5.32 Å². The summed E-state index contributed by atoms with van der Waals surface area (Å²) < 4.78 is 26.0. The molecule has 0 aliphatic heterocycles. The van der Waals surface area contributed by atoms with E-state index in [1.165, 1.54) is 10.6 Å². The predicted octanol–water partition coefficient (Wildman–Crippen LogP) is 2.90. The van der Waals surface area contributed by atoms with Gasteiger partial charge in [0.05, 0.1) is 18.5 Å². The standard InChI is InChI=1S/C15H21BrN2O3S/c1-11-7-8-14(13(16)9-11)17-15(19)10-18(22(2,20)21)12-5-3-4-6-12/h7-9,12H,3-6,10H2,1-2H3,(H,17,19). The summed E-state index contributed by atoms with van der Waals surface area (Å²) in [5.41, 5.74) is 1.73. The summed E-state index contributed by atoms with van der Waals surface area (Å²) in [5, 5.41) is 2.77. The molecule has 122 valence electrons. The highest BCUT2D eigenvalue weighted by molar-refractivity contribution is 9.10. The number of carbonyl (C=O) groups excluding carboxylic acids is 1. The third-order valence-corrected chi connectivity index (χ3v) is 5.79. The maximum Gasteiger partial charge on any atom is 0.239 e. The van der Waals surface area contributed by atoms with Crippen LogP contribution in [0.1, 0.15) is 31.2 Å². The first kappa shape index (κ1) is 17.4. The molecule has 0 unspecified atom stereocenters. The molecule has 0 radical (unpaired) electrons. The Balaban J connectivity index is 2.08. The molecule has 0 atom stereocenters. The molecule has 5 nitrogen and oxygen atoms in total. The van der Waals surface area contributed by atoms with Crippen LogP contribution in [-0.2, 0) is 14.8 Å². The lowest BCUT2D eigenvalue weighted by atomic mass is 10.2. The van der Waals surface area contributed by atoms with Crippen LogP contribution in [-0.4, -0.2) is 37.5 Å². The molecule has 0 saturated heterocycles. The van der Waals surface area contributed by atoms with Crippen LogP contribution in [0.2, 0.25) is 0 Å². The van der Waals surface area contributed by atoms with Crippen LogP contribution in [0.25, 0.3) is 0 Å². The van der Waals surface area contributed by atoms with Gasteiger partial charge in [-0.2, -0.15) is 4.31 Å². The SMILES string of the molecule is Cc1ccc(NC(=O)CN(C2CCCC2)S(C)(=O)=O)c(Br)c1. The van der Waals surface area contributed by atoms with E-state index in [1.54, 1.807) is 6.07 Å². The van der Waals surface area contributed by atoms with Crippen molar-refractivity contribution in [2.24, 2.45) is 0 Å². The number of nitrogens with one attached hydrogen (secondary N) is 1. The lowest BCUT2D eigenvalue weighted by molar-refractivity contribution is -0.116. The number of rotatable bonds is 5. The number of nitrogens with zero attached hydrogens (tertiary/aromatic N) is 1. The Morgan fingerprint density at radius 2 is 2.00 bits per heavy atom. The number of amides is 1. The highest BCUT2D eigenvalue weighted by Crippen LogP contribution is 2.26. The van der Waals surface area contributed by atoms with Gasteiger partial charge in [-0.1, -0.05) is 18.9 Å². The summed E-state index contributed by atoms with van der Waals surface area (Å²) in [7, 11) is -3.39. The van der Waals surface area contributed by atoms with E-state index in [0.717, 1.165) is 35.7 Å². The van der Waals surface area contributed by atoms with E-state index >= 15 is 0 Å². The zero-order valence-corrected chi connectivity index (χ0v) is 15.2. The molecule has 1 aromatic rings. The van der Waals surface area contributed by atoms with Gasteiger partial charge in [-0.15, -0.1) is 0 Å². The van der Waals surface area contributed by atoms with Crippen LogP contribution in [0.15, 0.2) is 22.7 Å². The summed E-state index contributed by atoms with van der Waals surface area (Å²) in [6.45, 7) is 1.83. The van der Waals surface area contributed by atoms with Crippen molar-refractivity contribution < 1.29 is 13.2 Å². The topological polar surface area (TPSA) is 66.5 Å². The monoisotopic (exact) mass is 388 g/mol. The quantitative estimate of drug-likeness (QED) is 0.842. The molecule has 1 N–H and O–H groups in total. The van der Waals surface area contributed by atoms with Crippen molar-refractivity contribution >= 4 is 37.5 Å². The minimum Gasteiger partial charge on any atom is -0.324 e. The van der Waals surface area contributed by atoms with Gasteiger partial charge in [-0.25, -0.2) is 8.42 Å². The molecule has 2 rings (SSSR count). The number of benzene rings is 1. The molecule has 1 fully saturated rings. The zero-order chi connectivity index (χ0) is 16.3. The fourth-order valence-corrected chi connectivity index (χ4v) is 4.46. The number of anilines is 1. The van der Waals surface area contributed by atoms with Crippen LogP contribution in [0.3, 0.4) is 0 Å². The van der Waals surface area contributed by atoms with E-state index in [1.807, 2.05) is 19.1 Å². The minimum absolute atomic E-state index is 0.0535. The molecule has 0 spiro atoms. The Kier molecular flexibility index (Phi) is 5.63. The van der Waals surface area contributed by atoms with Crippen molar-refractivity contribution in [3.63, 3.8) is 0 Å². The normalized spacial score (nSPS) is 16.2. The number of hydrogen-bond donors (Lipinski definition) is 1. The summed E-state index contributed by atoms with van der Waals surface area (Å²) in [5.74, 6) is -0.318. The second kappa shape index (κ2) is 7.10. The van der Waals surface area contributed by atoms with Gasteiger partial charge >= 0.3 is 0 Å². The molecule has 22 heavy (non-hydrogen) atoms. The highest BCUT2D eigenvalue weighted by Gasteiger charge is 2.30. The summed E-state index contributed by atoms with van der Waals surface area (Å²) >= 11 is 3.40. The van der Waals surface area contributed by atoms with Crippen LogP contribution in [0.4, 0.5) is 5.69 Å². The zero-order valence-electron chi connectivity index (χ0n) is 12.8. The van der Waals surface area contributed by atoms with E-state index in [9.17, 15) is 13.2 Å². The lowest BCUT2D eigenvalue weighted by Gasteiger charge is -2.25. The smallest absolute Gasteiger partial charge is 0.239 e. The Hall–Kier alpha value is -0.920. The molecule has 1 amide bonds. The van der Waals surface area contributed by atoms with E-state index in [0.29, 0.717) is 5.69 Å². The Morgan fingerprint density at radius 3 is 2.55 bits per heavy atom. The predicted molar refractivity (Wildman–Crippen MR) is 91.3 cm³/mol. The molecule has 7 heteroatoms. The molecular weight excluding hydrogens is 368 g/mol. The first-order chi connectivity index (χ1) is 10.3. The van der Waals surface area contributed by atoms with E-state index in [4.69, 9.17) is 0 Å². The van der Waals surface area contributed by atoms with Crippen molar-refractivity contribution in [3.8, 4) is 0 Å². The first-order valence-corrected chi connectivity index (χ1v) is 9.94. The molecule has 0 aromatic heterocycles. The second-order valence-electron chi connectivity index (χ2n) is 5.78. The second-order valence-corrected chi connectivity index (χ2v) is 8.57. The molecule has 0 heterocycles. The van der Waals surface area contributed by atoms with Gasteiger partial charge in [0, 0.05) is 10.5 Å². The van der Waals surface area contributed by atoms with Gasteiger partial charge in [0.15, 0.2) is 0 Å². The first-order valence-electron chi connectivity index (χ1n) is 7.30. The van der Waals surface area contributed by atoms with Crippen molar-refractivity contribution in [1.29, 1.82) is 0 Å². The van der Waals surface area contributed by atoms with E-state index in [2.05, 4.69) is 21.2 Å². The number of hydrogen-bond acceptors (Lipinski definition) is 3. The molecule has 1 saturated carbocycles. The molecular formula is C15H21BrN2O3S. The van der Waals surface area contributed by atoms with Crippen molar-refractivity contribution in [2.45, 2.75) is 38.6 Å². The highest BCUT2D eigenvalue weighted by atomic mass is 79.9. The van der Waals surface area contributed by atoms with Gasteiger partial charge in [-0.3, -0.25) is 4.79 Å². The number of carbonyl (C=O) groups is 1. The summed E-state index contributed by atoms with van der Waals surface area (Å²) in [4.78, 5) is 12.2. The van der Waals surface area contributed by atoms with Crippen molar-refractivity contribution in [3.05, 3.63) is 28.2 Å². The van der Waals surface area contributed by atoms with Crippen LogP contribution >= 0.6 is 15.9 Å². The Labute approximate surface area is 140 Å². The van der Waals surface area contributed by atoms with Gasteiger partial charge in [-0.05, 0) is 53.4 Å². The van der Waals surface area contributed by atoms with Crippen LogP contribution in [0.5, 0.6) is 0 Å². The van der Waals surface area contributed by atoms with Gasteiger partial charge in [0.1, 0.15) is 0 Å². The van der Waals surface area contributed by atoms with E-state index in [-0.39, 0.29) is 18.5 Å². The average Bonchev–Trinajstić information content (AvgIpc) is 2.91. The summed E-state index contributed by atoms with van der Waals surface area (Å²) in [6.07, 6.45) is 4.85. The van der Waals surface area contributed by atoms with Crippen molar-refractivity contribution in [2.75, 3.05) is 18.1 Å². The maximum absolute atomic E-state index is 12.2. The van der Waals surface area contributed by atoms with E-state index < -0.39 is 10.0 Å². The van der Waals surface area contributed by atoms with Gasteiger partial charge in [0.2, 0.25) is 15.9 Å². The Morgan fingerprint density at radius 1 is 1.36 bits per heavy atom.